The van der Waals surface area contributed by atoms with Crippen molar-refractivity contribution in [2.45, 2.75) is 13.5 Å². The number of ether oxygens (including phenoxy) is 1. The van der Waals surface area contributed by atoms with Gasteiger partial charge in [0.25, 0.3) is 0 Å². The van der Waals surface area contributed by atoms with Crippen molar-refractivity contribution in [2.75, 3.05) is 0 Å². The molecule has 0 aromatic heterocycles. The molecule has 0 radical (unpaired) electrons. The minimum Gasteiger partial charge on any atom is -0.435 e. The van der Waals surface area contributed by atoms with Gasteiger partial charge in [0.15, 0.2) is 0 Å². The molecule has 72 valence electrons. The van der Waals surface area contributed by atoms with Gasteiger partial charge in [0.1, 0.15) is 5.75 Å². The standard InChI is InChI=1S/C8H6Br2F2O/c1-4-2-5(13-8(11)12)3-6(9)7(4)10/h2-3,8H,1H3. The predicted octanol–water partition coefficient (Wildman–Crippen LogP) is 4.12. The Balaban J connectivity index is 2.99. The van der Waals surface area contributed by atoms with E-state index in [-0.39, 0.29) is 5.75 Å². The Hall–Kier alpha value is -0.160. The molecule has 0 bridgehead atoms. The number of alkyl halides is 2. The molecule has 0 saturated heterocycles. The van der Waals surface area contributed by atoms with Crippen LogP contribution in [0.5, 0.6) is 5.75 Å². The number of hydrogen-bond acceptors (Lipinski definition) is 1. The fraction of sp³-hybridized carbons (Fsp3) is 0.250. The van der Waals surface area contributed by atoms with Crippen LogP contribution < -0.4 is 4.74 Å². The van der Waals surface area contributed by atoms with Crippen LogP contribution in [0.2, 0.25) is 0 Å². The van der Waals surface area contributed by atoms with E-state index < -0.39 is 6.61 Å². The molecule has 1 aromatic rings. The summed E-state index contributed by atoms with van der Waals surface area (Å²) in [4.78, 5) is 0. The third-order valence-electron chi connectivity index (χ3n) is 1.41. The SMILES string of the molecule is Cc1cc(OC(F)F)cc(Br)c1Br. The van der Waals surface area contributed by atoms with Gasteiger partial charge in [0.05, 0.1) is 0 Å². The lowest BCUT2D eigenvalue weighted by atomic mass is 10.2. The second-order valence-electron chi connectivity index (χ2n) is 2.41. The van der Waals surface area contributed by atoms with Crippen LogP contribution in [-0.2, 0) is 0 Å². The molecule has 0 unspecified atom stereocenters. The third-order valence-corrected chi connectivity index (χ3v) is 3.62. The summed E-state index contributed by atoms with van der Waals surface area (Å²) in [5, 5.41) is 0. The highest BCUT2D eigenvalue weighted by molar-refractivity contribution is 9.13. The third kappa shape index (κ3) is 2.91. The van der Waals surface area contributed by atoms with Crippen LogP contribution in [0.4, 0.5) is 8.78 Å². The molecule has 1 rings (SSSR count). The van der Waals surface area contributed by atoms with E-state index in [1.807, 2.05) is 0 Å². The van der Waals surface area contributed by atoms with Crippen molar-refractivity contribution in [1.82, 2.24) is 0 Å². The molecule has 0 aliphatic carbocycles. The Morgan fingerprint density at radius 2 is 1.92 bits per heavy atom. The molecule has 0 N–H and O–H groups in total. The molecule has 0 spiro atoms. The zero-order valence-electron chi connectivity index (χ0n) is 6.65. The smallest absolute Gasteiger partial charge is 0.387 e. The molecule has 0 heterocycles. The lowest BCUT2D eigenvalue weighted by Gasteiger charge is -2.07. The van der Waals surface area contributed by atoms with Crippen molar-refractivity contribution >= 4 is 31.9 Å². The van der Waals surface area contributed by atoms with Gasteiger partial charge in [0, 0.05) is 8.95 Å². The molecular weight excluding hydrogens is 310 g/mol. The van der Waals surface area contributed by atoms with Gasteiger partial charge in [-0.3, -0.25) is 0 Å². The van der Waals surface area contributed by atoms with Gasteiger partial charge in [-0.05, 0) is 56.5 Å². The Labute approximate surface area is 91.3 Å². The minimum absolute atomic E-state index is 0.155. The maximum Gasteiger partial charge on any atom is 0.387 e. The van der Waals surface area contributed by atoms with Crippen LogP contribution in [0.3, 0.4) is 0 Å². The van der Waals surface area contributed by atoms with Crippen molar-refractivity contribution in [1.29, 1.82) is 0 Å². The van der Waals surface area contributed by atoms with Crippen molar-refractivity contribution in [3.63, 3.8) is 0 Å². The molecular formula is C8H6Br2F2O. The van der Waals surface area contributed by atoms with Crippen LogP contribution >= 0.6 is 31.9 Å². The summed E-state index contributed by atoms with van der Waals surface area (Å²) in [6.07, 6.45) is 0. The van der Waals surface area contributed by atoms with E-state index in [0.717, 1.165) is 10.0 Å². The molecule has 0 fully saturated rings. The normalized spacial score (nSPS) is 10.6. The largest absolute Gasteiger partial charge is 0.435 e. The molecule has 5 heteroatoms. The van der Waals surface area contributed by atoms with Crippen molar-refractivity contribution in [3.05, 3.63) is 26.6 Å². The summed E-state index contributed by atoms with van der Waals surface area (Å²) in [5.41, 5.74) is 0.838. The second kappa shape index (κ2) is 4.37. The van der Waals surface area contributed by atoms with Gasteiger partial charge in [-0.15, -0.1) is 0 Å². The molecule has 0 aliphatic heterocycles. The number of benzene rings is 1. The quantitative estimate of drug-likeness (QED) is 0.797. The number of halogens is 4. The Morgan fingerprint density at radius 1 is 1.31 bits per heavy atom. The zero-order chi connectivity index (χ0) is 10.0. The van der Waals surface area contributed by atoms with E-state index in [9.17, 15) is 8.78 Å². The minimum atomic E-state index is -2.78. The predicted molar refractivity (Wildman–Crippen MR) is 53.2 cm³/mol. The summed E-state index contributed by atoms with van der Waals surface area (Å²) in [7, 11) is 0. The van der Waals surface area contributed by atoms with Crippen molar-refractivity contribution in [3.8, 4) is 5.75 Å². The Bertz CT molecular complexity index is 292. The number of rotatable bonds is 2. The van der Waals surface area contributed by atoms with Gasteiger partial charge in [-0.1, -0.05) is 0 Å². The molecule has 0 atom stereocenters. The van der Waals surface area contributed by atoms with Gasteiger partial charge in [-0.25, -0.2) is 0 Å². The van der Waals surface area contributed by atoms with Crippen molar-refractivity contribution < 1.29 is 13.5 Å². The van der Waals surface area contributed by atoms with E-state index in [1.54, 1.807) is 13.0 Å². The van der Waals surface area contributed by atoms with Gasteiger partial charge >= 0.3 is 6.61 Å². The molecule has 0 amide bonds. The van der Waals surface area contributed by atoms with E-state index in [1.165, 1.54) is 6.07 Å². The first-order chi connectivity index (χ1) is 6.00. The lowest BCUT2D eigenvalue weighted by molar-refractivity contribution is -0.0499. The highest BCUT2D eigenvalue weighted by atomic mass is 79.9. The fourth-order valence-corrected chi connectivity index (χ4v) is 1.63. The molecule has 0 saturated carbocycles. The Morgan fingerprint density at radius 3 is 2.38 bits per heavy atom. The first kappa shape index (κ1) is 10.9. The molecule has 13 heavy (non-hydrogen) atoms. The molecule has 0 aliphatic rings. The van der Waals surface area contributed by atoms with E-state index in [2.05, 4.69) is 36.6 Å². The first-order valence-corrected chi connectivity index (χ1v) is 4.99. The van der Waals surface area contributed by atoms with E-state index in [0.29, 0.717) is 4.47 Å². The van der Waals surface area contributed by atoms with E-state index in [4.69, 9.17) is 0 Å². The van der Waals surface area contributed by atoms with Gasteiger partial charge < -0.3 is 4.74 Å². The zero-order valence-corrected chi connectivity index (χ0v) is 9.82. The second-order valence-corrected chi connectivity index (χ2v) is 4.06. The monoisotopic (exact) mass is 314 g/mol. The summed E-state index contributed by atoms with van der Waals surface area (Å²) < 4.78 is 29.5. The Kier molecular flexibility index (Phi) is 3.67. The maximum atomic E-state index is 11.8. The van der Waals surface area contributed by atoms with Crippen LogP contribution in [0, 0.1) is 6.92 Å². The van der Waals surface area contributed by atoms with Gasteiger partial charge in [-0.2, -0.15) is 8.78 Å². The number of hydrogen-bond donors (Lipinski definition) is 0. The average molecular weight is 316 g/mol. The average Bonchev–Trinajstić information content (AvgIpc) is 1.98. The summed E-state index contributed by atoms with van der Waals surface area (Å²) >= 11 is 6.50. The van der Waals surface area contributed by atoms with Crippen LogP contribution in [0.1, 0.15) is 5.56 Å². The maximum absolute atomic E-state index is 11.8. The van der Waals surface area contributed by atoms with E-state index >= 15 is 0 Å². The van der Waals surface area contributed by atoms with Crippen LogP contribution in [0.15, 0.2) is 21.1 Å². The fourth-order valence-electron chi connectivity index (χ4n) is 0.866. The highest BCUT2D eigenvalue weighted by Crippen LogP contribution is 2.31. The summed E-state index contributed by atoms with van der Waals surface area (Å²) in [6.45, 7) is -0.986. The van der Waals surface area contributed by atoms with Crippen LogP contribution in [0.25, 0.3) is 0 Å². The first-order valence-electron chi connectivity index (χ1n) is 3.41. The summed E-state index contributed by atoms with van der Waals surface area (Å²) in [5.74, 6) is 0.155. The molecule has 1 nitrogen and oxygen atoms in total. The highest BCUT2D eigenvalue weighted by Gasteiger charge is 2.08. The topological polar surface area (TPSA) is 9.23 Å². The van der Waals surface area contributed by atoms with Crippen LogP contribution in [-0.4, -0.2) is 6.61 Å². The van der Waals surface area contributed by atoms with Gasteiger partial charge in [0.2, 0.25) is 0 Å². The van der Waals surface area contributed by atoms with Crippen molar-refractivity contribution in [2.24, 2.45) is 0 Å². The summed E-state index contributed by atoms with van der Waals surface area (Å²) in [6, 6.07) is 3.03. The number of aryl methyl sites for hydroxylation is 1. The lowest BCUT2D eigenvalue weighted by Crippen LogP contribution is -2.02. The molecule has 1 aromatic carbocycles.